The summed E-state index contributed by atoms with van der Waals surface area (Å²) in [7, 11) is 1.47. The quantitative estimate of drug-likeness (QED) is 0.220. The topological polar surface area (TPSA) is 76.1 Å². The van der Waals surface area contributed by atoms with Crippen LogP contribution in [0.25, 0.3) is 5.76 Å². The second-order valence-corrected chi connectivity index (χ2v) is 9.22. The molecule has 1 aliphatic heterocycles. The first-order valence-electron chi connectivity index (χ1n) is 11.9. The first kappa shape index (κ1) is 26.8. The van der Waals surface area contributed by atoms with Gasteiger partial charge >= 0.3 is 6.18 Å². The lowest BCUT2D eigenvalue weighted by Crippen LogP contribution is -2.29. The highest BCUT2D eigenvalue weighted by Crippen LogP contribution is 2.44. The third kappa shape index (κ3) is 5.37. The fourth-order valence-corrected chi connectivity index (χ4v) is 4.18. The third-order valence-corrected chi connectivity index (χ3v) is 6.02. The van der Waals surface area contributed by atoms with Crippen molar-refractivity contribution in [3.63, 3.8) is 0 Å². The maximum Gasteiger partial charge on any atom is 0.416 e. The van der Waals surface area contributed by atoms with Crippen LogP contribution in [0.1, 0.15) is 36.6 Å². The third-order valence-electron chi connectivity index (χ3n) is 6.02. The molecule has 38 heavy (non-hydrogen) atoms. The van der Waals surface area contributed by atoms with Crippen molar-refractivity contribution in [3.8, 4) is 11.5 Å². The number of ether oxygens (including phenoxy) is 2. The molecule has 0 bridgehead atoms. The molecule has 9 heteroatoms. The zero-order valence-corrected chi connectivity index (χ0v) is 21.0. The van der Waals surface area contributed by atoms with E-state index in [2.05, 4.69) is 0 Å². The van der Waals surface area contributed by atoms with Gasteiger partial charge in [0.15, 0.2) is 0 Å². The Morgan fingerprint density at radius 2 is 1.66 bits per heavy atom. The highest BCUT2D eigenvalue weighted by molar-refractivity contribution is 6.51. The largest absolute Gasteiger partial charge is 0.507 e. The highest BCUT2D eigenvalue weighted by Gasteiger charge is 2.47. The molecule has 4 rings (SSSR count). The molecule has 3 aromatic carbocycles. The molecule has 0 radical (unpaired) electrons. The van der Waals surface area contributed by atoms with Gasteiger partial charge in [-0.3, -0.25) is 14.5 Å². The number of aliphatic hydroxyl groups excluding tert-OH is 1. The number of alkyl halides is 3. The summed E-state index contributed by atoms with van der Waals surface area (Å²) in [6.07, 6.45) is -4.66. The predicted molar refractivity (Wildman–Crippen MR) is 136 cm³/mol. The van der Waals surface area contributed by atoms with Gasteiger partial charge in [-0.05, 0) is 53.9 Å². The van der Waals surface area contributed by atoms with Crippen molar-refractivity contribution in [2.24, 2.45) is 5.92 Å². The van der Waals surface area contributed by atoms with E-state index < -0.39 is 35.2 Å². The van der Waals surface area contributed by atoms with E-state index in [4.69, 9.17) is 9.47 Å². The van der Waals surface area contributed by atoms with Crippen LogP contribution >= 0.6 is 0 Å². The van der Waals surface area contributed by atoms with Crippen LogP contribution in [0.5, 0.6) is 11.5 Å². The van der Waals surface area contributed by atoms with Gasteiger partial charge < -0.3 is 14.6 Å². The summed E-state index contributed by atoms with van der Waals surface area (Å²) >= 11 is 0. The number of amides is 1. The molecular weight excluding hydrogens is 499 g/mol. The minimum Gasteiger partial charge on any atom is -0.507 e. The van der Waals surface area contributed by atoms with Gasteiger partial charge in [-0.25, -0.2) is 0 Å². The molecular formula is C29H26F3NO5. The maximum absolute atomic E-state index is 13.5. The SMILES string of the molecule is COc1ccc(C2/C(=C(\O)c3cccc(OCC(C)C)c3)C(=O)C(=O)N2c2cccc(C(F)(F)F)c2)cc1. The second kappa shape index (κ2) is 10.6. The molecule has 1 saturated heterocycles. The molecule has 1 amide bonds. The number of hydrogen-bond acceptors (Lipinski definition) is 5. The normalized spacial score (nSPS) is 17.2. The van der Waals surface area contributed by atoms with Crippen molar-refractivity contribution in [1.82, 2.24) is 0 Å². The zero-order chi connectivity index (χ0) is 27.6. The Bertz CT molecular complexity index is 1380. The number of anilines is 1. The average molecular weight is 526 g/mol. The van der Waals surface area contributed by atoms with E-state index in [0.29, 0.717) is 23.7 Å². The van der Waals surface area contributed by atoms with Gasteiger partial charge in [-0.2, -0.15) is 13.2 Å². The van der Waals surface area contributed by atoms with Crippen molar-refractivity contribution in [2.45, 2.75) is 26.1 Å². The lowest BCUT2D eigenvalue weighted by atomic mass is 9.95. The summed E-state index contributed by atoms with van der Waals surface area (Å²) in [5.41, 5.74) is -0.724. The molecule has 0 saturated carbocycles. The molecule has 6 nitrogen and oxygen atoms in total. The summed E-state index contributed by atoms with van der Waals surface area (Å²) in [5, 5.41) is 11.3. The molecule has 1 heterocycles. The highest BCUT2D eigenvalue weighted by atomic mass is 19.4. The van der Waals surface area contributed by atoms with Gasteiger partial charge in [0.25, 0.3) is 11.7 Å². The smallest absolute Gasteiger partial charge is 0.416 e. The Hall–Kier alpha value is -4.27. The zero-order valence-electron chi connectivity index (χ0n) is 21.0. The fraction of sp³-hybridized carbons (Fsp3) is 0.241. The number of rotatable bonds is 7. The molecule has 0 aromatic heterocycles. The minimum atomic E-state index is -4.66. The van der Waals surface area contributed by atoms with E-state index in [0.717, 1.165) is 23.1 Å². The number of hydrogen-bond donors (Lipinski definition) is 1. The van der Waals surface area contributed by atoms with E-state index in [9.17, 15) is 27.9 Å². The number of carbonyl (C=O) groups excluding carboxylic acids is 2. The predicted octanol–water partition coefficient (Wildman–Crippen LogP) is 6.38. The van der Waals surface area contributed by atoms with E-state index in [1.165, 1.54) is 13.2 Å². The van der Waals surface area contributed by atoms with Crippen molar-refractivity contribution in [2.75, 3.05) is 18.6 Å². The molecule has 0 aliphatic carbocycles. The van der Waals surface area contributed by atoms with E-state index in [-0.39, 0.29) is 22.7 Å². The average Bonchev–Trinajstić information content (AvgIpc) is 3.17. The summed E-state index contributed by atoms with van der Waals surface area (Å²) in [5.74, 6) is -1.34. The molecule has 3 aromatic rings. The van der Waals surface area contributed by atoms with Crippen LogP contribution in [0, 0.1) is 5.92 Å². The number of nitrogens with zero attached hydrogens (tertiary/aromatic N) is 1. The van der Waals surface area contributed by atoms with Crippen molar-refractivity contribution in [1.29, 1.82) is 0 Å². The van der Waals surface area contributed by atoms with Gasteiger partial charge in [0.05, 0.1) is 30.9 Å². The van der Waals surface area contributed by atoms with E-state index >= 15 is 0 Å². The summed E-state index contributed by atoms with van der Waals surface area (Å²) in [4.78, 5) is 27.5. The molecule has 0 spiro atoms. The second-order valence-electron chi connectivity index (χ2n) is 9.22. The number of benzene rings is 3. The molecule has 1 fully saturated rings. The Morgan fingerprint density at radius 1 is 0.974 bits per heavy atom. The Labute approximate surface area is 217 Å². The number of halogens is 3. The van der Waals surface area contributed by atoms with Gasteiger partial charge in [-0.15, -0.1) is 0 Å². The number of Topliss-reactive ketones (excluding diaryl/α,β-unsaturated/α-hetero) is 1. The first-order valence-corrected chi connectivity index (χ1v) is 11.9. The first-order chi connectivity index (χ1) is 18.0. The molecule has 1 aliphatic rings. The molecule has 198 valence electrons. The Balaban J connectivity index is 1.88. The van der Waals surface area contributed by atoms with Gasteiger partial charge in [0.2, 0.25) is 0 Å². The molecule has 1 N–H and O–H groups in total. The Morgan fingerprint density at radius 3 is 2.29 bits per heavy atom. The lowest BCUT2D eigenvalue weighted by Gasteiger charge is -2.26. The van der Waals surface area contributed by atoms with Crippen molar-refractivity contribution >= 4 is 23.1 Å². The molecule has 1 unspecified atom stereocenters. The minimum absolute atomic E-state index is 0.129. The van der Waals surface area contributed by atoms with E-state index in [1.807, 2.05) is 13.8 Å². The summed E-state index contributed by atoms with van der Waals surface area (Å²) < 4.78 is 51.3. The van der Waals surface area contributed by atoms with Crippen LogP contribution in [0.3, 0.4) is 0 Å². The Kier molecular flexibility index (Phi) is 7.48. The van der Waals surface area contributed by atoms with Crippen LogP contribution in [-0.4, -0.2) is 30.5 Å². The number of ketones is 1. The number of carbonyl (C=O) groups is 2. The van der Waals surface area contributed by atoms with Crippen LogP contribution in [0.15, 0.2) is 78.4 Å². The van der Waals surface area contributed by atoms with E-state index in [1.54, 1.807) is 48.5 Å². The van der Waals surface area contributed by atoms with Crippen molar-refractivity contribution in [3.05, 3.63) is 95.1 Å². The summed E-state index contributed by atoms with van der Waals surface area (Å²) in [6.45, 7) is 4.39. The lowest BCUT2D eigenvalue weighted by molar-refractivity contribution is -0.137. The maximum atomic E-state index is 13.5. The van der Waals surface area contributed by atoms with Crippen LogP contribution in [0.4, 0.5) is 18.9 Å². The molecule has 1 atom stereocenters. The van der Waals surface area contributed by atoms with Crippen molar-refractivity contribution < 1.29 is 37.3 Å². The van der Waals surface area contributed by atoms with Gasteiger partial charge in [0.1, 0.15) is 17.3 Å². The van der Waals surface area contributed by atoms with Crippen LogP contribution in [-0.2, 0) is 15.8 Å². The van der Waals surface area contributed by atoms with Crippen LogP contribution in [0.2, 0.25) is 0 Å². The summed E-state index contributed by atoms with van der Waals surface area (Å²) in [6, 6.07) is 15.8. The standard InChI is InChI=1S/C29H26F3NO5/c1-17(2)16-38-23-9-4-6-19(14-23)26(34)24-25(18-10-12-22(37-3)13-11-18)33(28(36)27(24)35)21-8-5-7-20(15-21)29(30,31)32/h4-15,17,25,34H,16H2,1-3H3/b26-24+. The van der Waals surface area contributed by atoms with Crippen LogP contribution < -0.4 is 14.4 Å². The van der Waals surface area contributed by atoms with Gasteiger partial charge in [0, 0.05) is 11.3 Å². The van der Waals surface area contributed by atoms with Gasteiger partial charge in [-0.1, -0.05) is 44.2 Å². The number of aliphatic hydroxyl groups is 1. The monoisotopic (exact) mass is 525 g/mol. The fourth-order valence-electron chi connectivity index (χ4n) is 4.18. The number of methoxy groups -OCH3 is 1.